The summed E-state index contributed by atoms with van der Waals surface area (Å²) in [5.74, 6) is -3.31. The molecule has 1 aromatic carbocycles. The molecule has 0 aliphatic carbocycles. The molecule has 0 aromatic heterocycles. The van der Waals surface area contributed by atoms with E-state index in [1.807, 2.05) is 0 Å². The summed E-state index contributed by atoms with van der Waals surface area (Å²) in [5.41, 5.74) is 0.167. The van der Waals surface area contributed by atoms with Gasteiger partial charge in [-0.3, -0.25) is 0 Å². The average Bonchev–Trinajstić information content (AvgIpc) is 2.29. The minimum absolute atomic E-state index is 0.0833. The smallest absolute Gasteiger partial charge is 0.335 e. The number of carboxylic acid groups (broad SMARTS) is 3. The lowest BCUT2D eigenvalue weighted by Crippen LogP contribution is -2.13. The molecule has 1 aromatic rings. The number of aliphatic hydroxyl groups excluding tert-OH is 1. The Kier molecular flexibility index (Phi) is 6.08. The van der Waals surface area contributed by atoms with Crippen LogP contribution < -0.4 is 0 Å². The second-order valence-corrected chi connectivity index (χ2v) is 3.20. The van der Waals surface area contributed by atoms with Crippen LogP contribution in [0.1, 0.15) is 27.6 Å². The molecule has 98 valence electrons. The van der Waals surface area contributed by atoms with Gasteiger partial charge < -0.3 is 20.4 Å². The van der Waals surface area contributed by atoms with Crippen molar-refractivity contribution in [2.75, 3.05) is 0 Å². The van der Waals surface area contributed by atoms with Crippen molar-refractivity contribution >= 4 is 17.9 Å². The van der Waals surface area contributed by atoms with Crippen LogP contribution >= 0.6 is 0 Å². The molecule has 4 N–H and O–H groups in total. The Morgan fingerprint density at radius 1 is 0.889 bits per heavy atom. The number of aliphatic hydroxyl groups is 1. The zero-order valence-corrected chi connectivity index (χ0v) is 9.40. The first-order valence-corrected chi connectivity index (χ1v) is 4.73. The number of rotatable bonds is 3. The maximum atomic E-state index is 10.3. The van der Waals surface area contributed by atoms with E-state index in [1.54, 1.807) is 0 Å². The van der Waals surface area contributed by atoms with Gasteiger partial charge in [-0.15, -0.1) is 0 Å². The van der Waals surface area contributed by atoms with Crippen LogP contribution in [-0.4, -0.2) is 44.4 Å². The molecule has 0 saturated heterocycles. The molecule has 1 unspecified atom stereocenters. The minimum atomic E-state index is -1.23. The molecular formula is C11H12O7. The van der Waals surface area contributed by atoms with Crippen molar-refractivity contribution in [3.05, 3.63) is 35.4 Å². The number of hydrogen-bond acceptors (Lipinski definition) is 4. The van der Waals surface area contributed by atoms with Gasteiger partial charge in [0.1, 0.15) is 6.10 Å². The first-order chi connectivity index (χ1) is 8.25. The number of aliphatic carboxylic acids is 1. The van der Waals surface area contributed by atoms with Crippen LogP contribution in [0.5, 0.6) is 0 Å². The first kappa shape index (κ1) is 15.6. The van der Waals surface area contributed by atoms with Crippen LogP contribution in [0.2, 0.25) is 0 Å². The topological polar surface area (TPSA) is 132 Å². The molecule has 1 rings (SSSR count). The van der Waals surface area contributed by atoms with Crippen molar-refractivity contribution in [1.29, 1.82) is 0 Å². The molecule has 18 heavy (non-hydrogen) atoms. The van der Waals surface area contributed by atoms with Crippen LogP contribution in [0.25, 0.3) is 0 Å². The molecule has 0 radical (unpaired) electrons. The fourth-order valence-electron chi connectivity index (χ4n) is 0.755. The average molecular weight is 256 g/mol. The normalized spacial score (nSPS) is 10.8. The van der Waals surface area contributed by atoms with Gasteiger partial charge in [0.25, 0.3) is 0 Å². The molecule has 0 aliphatic rings. The van der Waals surface area contributed by atoms with Crippen molar-refractivity contribution in [3.8, 4) is 0 Å². The Bertz CT molecular complexity index is 400. The SMILES string of the molecule is CC(O)C(=O)O.O=C(O)c1ccc(C(=O)O)cc1. The van der Waals surface area contributed by atoms with E-state index in [-0.39, 0.29) is 11.1 Å². The lowest BCUT2D eigenvalue weighted by molar-refractivity contribution is -0.145. The number of carboxylic acids is 3. The lowest BCUT2D eigenvalue weighted by atomic mass is 10.1. The summed E-state index contributed by atoms with van der Waals surface area (Å²) in [5, 5.41) is 32.7. The molecular weight excluding hydrogens is 244 g/mol. The molecule has 0 fully saturated rings. The second-order valence-electron chi connectivity index (χ2n) is 3.20. The summed E-state index contributed by atoms with van der Waals surface area (Å²) in [4.78, 5) is 30.1. The molecule has 0 saturated carbocycles. The monoisotopic (exact) mass is 256 g/mol. The summed E-state index contributed by atoms with van der Waals surface area (Å²) < 4.78 is 0. The second kappa shape index (κ2) is 7.02. The van der Waals surface area contributed by atoms with Gasteiger partial charge in [-0.2, -0.15) is 0 Å². The Morgan fingerprint density at radius 3 is 1.22 bits per heavy atom. The van der Waals surface area contributed by atoms with Gasteiger partial charge in [0, 0.05) is 0 Å². The maximum Gasteiger partial charge on any atom is 0.335 e. The van der Waals surface area contributed by atoms with Crippen molar-refractivity contribution in [3.63, 3.8) is 0 Å². The van der Waals surface area contributed by atoms with Crippen LogP contribution in [0.15, 0.2) is 24.3 Å². The highest BCUT2D eigenvalue weighted by molar-refractivity contribution is 5.91. The fourth-order valence-corrected chi connectivity index (χ4v) is 0.755. The maximum absolute atomic E-state index is 10.3. The number of hydrogen-bond donors (Lipinski definition) is 4. The van der Waals surface area contributed by atoms with Gasteiger partial charge in [-0.05, 0) is 31.2 Å². The highest BCUT2D eigenvalue weighted by atomic mass is 16.4. The lowest BCUT2D eigenvalue weighted by Gasteiger charge is -1.94. The van der Waals surface area contributed by atoms with E-state index in [9.17, 15) is 14.4 Å². The minimum Gasteiger partial charge on any atom is -0.479 e. The molecule has 0 bridgehead atoms. The van der Waals surface area contributed by atoms with Crippen LogP contribution in [0.4, 0.5) is 0 Å². The van der Waals surface area contributed by atoms with E-state index in [1.165, 1.54) is 31.2 Å². The number of benzene rings is 1. The third kappa shape index (κ3) is 5.61. The third-order valence-electron chi connectivity index (χ3n) is 1.74. The van der Waals surface area contributed by atoms with Crippen LogP contribution in [0.3, 0.4) is 0 Å². The van der Waals surface area contributed by atoms with Crippen LogP contribution in [-0.2, 0) is 4.79 Å². The van der Waals surface area contributed by atoms with Gasteiger partial charge in [-0.25, -0.2) is 14.4 Å². The number of aromatic carboxylic acids is 2. The van der Waals surface area contributed by atoms with Gasteiger partial charge in [0.15, 0.2) is 0 Å². The standard InChI is InChI=1S/C8H6O4.C3H6O3/c9-7(10)5-1-2-6(4-3-5)8(11)12;1-2(4)3(5)6/h1-4H,(H,9,10)(H,11,12);2,4H,1H3,(H,5,6). The van der Waals surface area contributed by atoms with Crippen molar-refractivity contribution < 1.29 is 34.8 Å². The molecule has 0 aliphatic heterocycles. The highest BCUT2D eigenvalue weighted by Gasteiger charge is 2.04. The Hall–Kier alpha value is -2.41. The van der Waals surface area contributed by atoms with Crippen LogP contribution in [0, 0.1) is 0 Å². The number of carbonyl (C=O) groups is 3. The molecule has 0 amide bonds. The summed E-state index contributed by atoms with van der Waals surface area (Å²) >= 11 is 0. The third-order valence-corrected chi connectivity index (χ3v) is 1.74. The molecule has 1 atom stereocenters. The van der Waals surface area contributed by atoms with Crippen molar-refractivity contribution in [1.82, 2.24) is 0 Å². The predicted molar refractivity (Wildman–Crippen MR) is 59.7 cm³/mol. The molecule has 0 heterocycles. The Morgan fingerprint density at radius 2 is 1.11 bits per heavy atom. The predicted octanol–water partition coefficient (Wildman–Crippen LogP) is 0.535. The van der Waals surface area contributed by atoms with Crippen molar-refractivity contribution in [2.24, 2.45) is 0 Å². The van der Waals surface area contributed by atoms with Gasteiger partial charge in [0.05, 0.1) is 11.1 Å². The Balaban J connectivity index is 0.000000411. The molecule has 7 heteroatoms. The molecule has 7 nitrogen and oxygen atoms in total. The van der Waals surface area contributed by atoms with Gasteiger partial charge in [0.2, 0.25) is 0 Å². The van der Waals surface area contributed by atoms with E-state index < -0.39 is 24.0 Å². The fraction of sp³-hybridized carbons (Fsp3) is 0.182. The summed E-state index contributed by atoms with van der Waals surface area (Å²) in [6, 6.07) is 5.02. The van der Waals surface area contributed by atoms with E-state index in [4.69, 9.17) is 20.4 Å². The first-order valence-electron chi connectivity index (χ1n) is 4.73. The highest BCUT2D eigenvalue weighted by Crippen LogP contribution is 2.03. The zero-order chi connectivity index (χ0) is 14.3. The van der Waals surface area contributed by atoms with Crippen molar-refractivity contribution in [2.45, 2.75) is 13.0 Å². The zero-order valence-electron chi connectivity index (χ0n) is 9.40. The van der Waals surface area contributed by atoms with E-state index >= 15 is 0 Å². The Labute approximate surface area is 102 Å². The summed E-state index contributed by atoms with van der Waals surface area (Å²) in [6.07, 6.45) is -1.23. The van der Waals surface area contributed by atoms with Gasteiger partial charge in [-0.1, -0.05) is 0 Å². The van der Waals surface area contributed by atoms with E-state index in [2.05, 4.69) is 0 Å². The largest absolute Gasteiger partial charge is 0.479 e. The van der Waals surface area contributed by atoms with E-state index in [0.717, 1.165) is 0 Å². The van der Waals surface area contributed by atoms with Gasteiger partial charge >= 0.3 is 17.9 Å². The summed E-state index contributed by atoms with van der Waals surface area (Å²) in [7, 11) is 0. The quantitative estimate of drug-likeness (QED) is 0.620. The van der Waals surface area contributed by atoms with E-state index in [0.29, 0.717) is 0 Å². The summed E-state index contributed by atoms with van der Waals surface area (Å²) in [6.45, 7) is 1.20. The molecule has 0 spiro atoms.